The van der Waals surface area contributed by atoms with Crippen LogP contribution >= 0.6 is 0 Å². The molecule has 0 aromatic rings. The summed E-state index contributed by atoms with van der Waals surface area (Å²) < 4.78 is 0. The summed E-state index contributed by atoms with van der Waals surface area (Å²) in [6.45, 7) is 7.65. The summed E-state index contributed by atoms with van der Waals surface area (Å²) in [6, 6.07) is 0. The van der Waals surface area contributed by atoms with Gasteiger partial charge in [-0.25, -0.2) is 0 Å². The molecule has 4 heteroatoms. The van der Waals surface area contributed by atoms with Crippen LogP contribution in [0.4, 0.5) is 0 Å². The van der Waals surface area contributed by atoms with E-state index in [1.54, 1.807) is 0 Å². The molecule has 17 heavy (non-hydrogen) atoms. The van der Waals surface area contributed by atoms with Crippen molar-refractivity contribution in [3.63, 3.8) is 0 Å². The van der Waals surface area contributed by atoms with Gasteiger partial charge in [-0.2, -0.15) is 0 Å². The fourth-order valence-electron chi connectivity index (χ4n) is 2.21. The first-order valence-electron chi connectivity index (χ1n) is 6.55. The van der Waals surface area contributed by atoms with Crippen LogP contribution in [0, 0.1) is 0 Å². The molecule has 0 unspecified atom stereocenters. The molecule has 0 heterocycles. The molecule has 1 rings (SSSR count). The molecule has 1 saturated carbocycles. The molecular weight excluding hydrogens is 216 g/mol. The summed E-state index contributed by atoms with van der Waals surface area (Å²) in [5.41, 5.74) is -0.657. The third kappa shape index (κ3) is 6.03. The van der Waals surface area contributed by atoms with Crippen molar-refractivity contribution < 1.29 is 9.90 Å². The largest absolute Gasteiger partial charge is 0.389 e. The van der Waals surface area contributed by atoms with E-state index in [0.29, 0.717) is 6.54 Å². The van der Waals surface area contributed by atoms with E-state index >= 15 is 0 Å². The molecule has 1 amide bonds. The Labute approximate surface area is 104 Å². The average molecular weight is 242 g/mol. The first-order chi connectivity index (χ1) is 7.81. The molecule has 0 aromatic carbocycles. The summed E-state index contributed by atoms with van der Waals surface area (Å²) >= 11 is 0. The first-order valence-corrected chi connectivity index (χ1v) is 6.55. The van der Waals surface area contributed by atoms with Crippen LogP contribution in [0.1, 0.15) is 52.9 Å². The molecule has 1 aliphatic carbocycles. The van der Waals surface area contributed by atoms with Crippen LogP contribution in [0.15, 0.2) is 0 Å². The lowest BCUT2D eigenvalue weighted by molar-refractivity contribution is -0.125. The minimum atomic E-state index is -0.735. The first kappa shape index (κ1) is 14.5. The lowest BCUT2D eigenvalue weighted by Crippen LogP contribution is -2.42. The lowest BCUT2D eigenvalue weighted by atomic mass is 9.98. The topological polar surface area (TPSA) is 61.4 Å². The molecule has 1 fully saturated rings. The molecular formula is C13H26N2O2. The van der Waals surface area contributed by atoms with Crippen molar-refractivity contribution in [2.45, 2.75) is 64.0 Å². The predicted octanol–water partition coefficient (Wildman–Crippen LogP) is 1.19. The van der Waals surface area contributed by atoms with Crippen molar-refractivity contribution in [3.8, 4) is 0 Å². The zero-order chi connectivity index (χ0) is 12.9. The fraction of sp³-hybridized carbons (Fsp3) is 0.923. The number of amides is 1. The second-order valence-corrected chi connectivity index (χ2v) is 6.13. The molecule has 0 spiro atoms. The summed E-state index contributed by atoms with van der Waals surface area (Å²) in [6.07, 6.45) is 3.86. The number of hydrogen-bond donors (Lipinski definition) is 3. The van der Waals surface area contributed by atoms with E-state index in [0.717, 1.165) is 32.2 Å². The average Bonchev–Trinajstić information content (AvgIpc) is 2.58. The summed E-state index contributed by atoms with van der Waals surface area (Å²) in [5.74, 6) is -0.0369. The van der Waals surface area contributed by atoms with Crippen LogP contribution < -0.4 is 10.6 Å². The highest BCUT2D eigenvalue weighted by Gasteiger charge is 2.33. The third-order valence-corrected chi connectivity index (χ3v) is 3.13. The van der Waals surface area contributed by atoms with Gasteiger partial charge in [0.2, 0.25) is 5.91 Å². The number of hydrogen-bond acceptors (Lipinski definition) is 3. The number of carbonyl (C=O) groups excluding carboxylic acids is 1. The zero-order valence-corrected chi connectivity index (χ0v) is 11.3. The summed E-state index contributed by atoms with van der Waals surface area (Å²) in [7, 11) is 0. The molecule has 100 valence electrons. The summed E-state index contributed by atoms with van der Waals surface area (Å²) in [5, 5.41) is 16.2. The lowest BCUT2D eigenvalue weighted by Gasteiger charge is -2.22. The SMILES string of the molecule is CC(C)(C)NCCNC(=O)CC1(O)CCCC1. The number of rotatable bonds is 5. The van der Waals surface area contributed by atoms with E-state index in [-0.39, 0.29) is 17.9 Å². The van der Waals surface area contributed by atoms with Crippen LogP contribution in [-0.4, -0.2) is 35.2 Å². The van der Waals surface area contributed by atoms with Gasteiger partial charge in [0, 0.05) is 18.6 Å². The van der Waals surface area contributed by atoms with E-state index in [4.69, 9.17) is 0 Å². The van der Waals surface area contributed by atoms with Gasteiger partial charge in [-0.15, -0.1) is 0 Å². The van der Waals surface area contributed by atoms with E-state index in [1.165, 1.54) is 0 Å². The van der Waals surface area contributed by atoms with Gasteiger partial charge in [0.25, 0.3) is 0 Å². The Hall–Kier alpha value is -0.610. The predicted molar refractivity (Wildman–Crippen MR) is 68.8 cm³/mol. The normalized spacial score (nSPS) is 19.3. The van der Waals surface area contributed by atoms with Gasteiger partial charge < -0.3 is 15.7 Å². The highest BCUT2D eigenvalue weighted by molar-refractivity contribution is 5.77. The van der Waals surface area contributed by atoms with Gasteiger partial charge in [-0.1, -0.05) is 12.8 Å². The molecule has 4 nitrogen and oxygen atoms in total. The fourth-order valence-corrected chi connectivity index (χ4v) is 2.21. The van der Waals surface area contributed by atoms with Gasteiger partial charge in [0.05, 0.1) is 12.0 Å². The van der Waals surface area contributed by atoms with Crippen molar-refractivity contribution in [2.75, 3.05) is 13.1 Å². The van der Waals surface area contributed by atoms with E-state index in [2.05, 4.69) is 31.4 Å². The van der Waals surface area contributed by atoms with Gasteiger partial charge in [0.1, 0.15) is 0 Å². The van der Waals surface area contributed by atoms with Crippen molar-refractivity contribution in [2.24, 2.45) is 0 Å². The maximum absolute atomic E-state index is 11.6. The maximum atomic E-state index is 11.6. The minimum absolute atomic E-state index is 0.0369. The van der Waals surface area contributed by atoms with Crippen molar-refractivity contribution in [1.29, 1.82) is 0 Å². The highest BCUT2D eigenvalue weighted by Crippen LogP contribution is 2.31. The van der Waals surface area contributed by atoms with Crippen LogP contribution in [0.2, 0.25) is 0 Å². The Kier molecular flexibility index (Phi) is 4.95. The number of nitrogens with one attached hydrogen (secondary N) is 2. The molecule has 0 aromatic heterocycles. The third-order valence-electron chi connectivity index (χ3n) is 3.13. The van der Waals surface area contributed by atoms with Crippen LogP contribution in [-0.2, 0) is 4.79 Å². The Morgan fingerprint density at radius 3 is 2.35 bits per heavy atom. The van der Waals surface area contributed by atoms with E-state index < -0.39 is 5.60 Å². The Balaban J connectivity index is 2.13. The van der Waals surface area contributed by atoms with Crippen LogP contribution in [0.3, 0.4) is 0 Å². The molecule has 0 radical (unpaired) electrons. The van der Waals surface area contributed by atoms with Crippen molar-refractivity contribution in [3.05, 3.63) is 0 Å². The number of carbonyl (C=O) groups is 1. The summed E-state index contributed by atoms with van der Waals surface area (Å²) in [4.78, 5) is 11.6. The molecule has 1 aliphatic rings. The van der Waals surface area contributed by atoms with Crippen molar-refractivity contribution in [1.82, 2.24) is 10.6 Å². The Bertz CT molecular complexity index is 253. The second-order valence-electron chi connectivity index (χ2n) is 6.13. The molecule has 0 aliphatic heterocycles. The van der Waals surface area contributed by atoms with Gasteiger partial charge in [-0.3, -0.25) is 4.79 Å². The molecule has 0 atom stereocenters. The smallest absolute Gasteiger partial charge is 0.222 e. The quantitative estimate of drug-likeness (QED) is 0.635. The van der Waals surface area contributed by atoms with Gasteiger partial charge in [-0.05, 0) is 33.6 Å². The number of aliphatic hydroxyl groups is 1. The van der Waals surface area contributed by atoms with Crippen LogP contribution in [0.5, 0.6) is 0 Å². The standard InChI is InChI=1S/C13H26N2O2/c1-12(2,3)15-9-8-14-11(16)10-13(17)6-4-5-7-13/h15,17H,4-10H2,1-3H3,(H,14,16). The monoisotopic (exact) mass is 242 g/mol. The molecule has 3 N–H and O–H groups in total. The van der Waals surface area contributed by atoms with Crippen LogP contribution in [0.25, 0.3) is 0 Å². The Morgan fingerprint density at radius 2 is 1.82 bits per heavy atom. The highest BCUT2D eigenvalue weighted by atomic mass is 16.3. The molecule has 0 saturated heterocycles. The minimum Gasteiger partial charge on any atom is -0.389 e. The second kappa shape index (κ2) is 5.83. The van der Waals surface area contributed by atoms with E-state index in [9.17, 15) is 9.90 Å². The maximum Gasteiger partial charge on any atom is 0.222 e. The van der Waals surface area contributed by atoms with Crippen molar-refractivity contribution >= 4 is 5.91 Å². The Morgan fingerprint density at radius 1 is 1.24 bits per heavy atom. The van der Waals surface area contributed by atoms with E-state index in [1.807, 2.05) is 0 Å². The molecule has 0 bridgehead atoms. The van der Waals surface area contributed by atoms with Gasteiger partial charge in [0.15, 0.2) is 0 Å². The van der Waals surface area contributed by atoms with Gasteiger partial charge >= 0.3 is 0 Å². The zero-order valence-electron chi connectivity index (χ0n) is 11.3.